The third kappa shape index (κ3) is 4.20. The summed E-state index contributed by atoms with van der Waals surface area (Å²) in [5.41, 5.74) is 0.976. The van der Waals surface area contributed by atoms with Gasteiger partial charge in [-0.2, -0.15) is 0 Å². The topological polar surface area (TPSA) is 36.9 Å². The molecule has 4 nitrogen and oxygen atoms in total. The summed E-state index contributed by atoms with van der Waals surface area (Å²) >= 11 is 6.23. The van der Waals surface area contributed by atoms with Gasteiger partial charge in [0, 0.05) is 17.9 Å². The molecule has 140 valence electrons. The first-order valence-corrected chi connectivity index (χ1v) is 9.82. The van der Waals surface area contributed by atoms with Crippen molar-refractivity contribution in [3.8, 4) is 0 Å². The molecule has 1 aromatic carbocycles. The van der Waals surface area contributed by atoms with E-state index >= 15 is 0 Å². The van der Waals surface area contributed by atoms with Crippen molar-refractivity contribution in [2.75, 3.05) is 0 Å². The summed E-state index contributed by atoms with van der Waals surface area (Å²) in [4.78, 5) is 0. The van der Waals surface area contributed by atoms with E-state index in [1.54, 1.807) is 0 Å². The molecule has 25 heavy (non-hydrogen) atoms. The zero-order valence-electron chi connectivity index (χ0n) is 15.4. The van der Waals surface area contributed by atoms with Gasteiger partial charge in [-0.25, -0.2) is 0 Å². The lowest BCUT2D eigenvalue weighted by atomic mass is 10.0. The highest BCUT2D eigenvalue weighted by Crippen LogP contribution is 2.43. The van der Waals surface area contributed by atoms with Crippen LogP contribution in [0.5, 0.6) is 0 Å². The lowest BCUT2D eigenvalue weighted by molar-refractivity contribution is -0.241. The number of benzene rings is 1. The Morgan fingerprint density at radius 2 is 1.92 bits per heavy atom. The first kappa shape index (κ1) is 19.1. The minimum absolute atomic E-state index is 0.0664. The third-order valence-corrected chi connectivity index (χ3v) is 5.39. The second-order valence-electron chi connectivity index (χ2n) is 7.04. The predicted molar refractivity (Wildman–Crippen MR) is 97.5 cm³/mol. The Labute approximate surface area is 155 Å². The van der Waals surface area contributed by atoms with Gasteiger partial charge in [0.15, 0.2) is 12.1 Å². The number of fused-ring (bicyclic) bond motifs is 1. The molecule has 5 atom stereocenters. The molecule has 2 heterocycles. The molecule has 0 N–H and O–H groups in total. The summed E-state index contributed by atoms with van der Waals surface area (Å²) in [5.74, 6) is -0.522. The van der Waals surface area contributed by atoms with Gasteiger partial charge in [-0.3, -0.25) is 0 Å². The van der Waals surface area contributed by atoms with Crippen LogP contribution in [0.15, 0.2) is 24.3 Å². The summed E-state index contributed by atoms with van der Waals surface area (Å²) in [6, 6.07) is 7.75. The van der Waals surface area contributed by atoms with Crippen LogP contribution in [0.3, 0.4) is 0 Å². The first-order valence-electron chi connectivity index (χ1n) is 9.44. The van der Waals surface area contributed by atoms with Gasteiger partial charge in [0.05, 0.1) is 12.7 Å². The Morgan fingerprint density at radius 1 is 1.12 bits per heavy atom. The standard InChI is InChI=1S/C20H29ClO4/c1-4-6-12-20(11-5-2)24-18-17(14(3)23-19(18)25-20)22-13-15-9-7-8-10-16(15)21/h7-10,14,17-19H,4-6,11-13H2,1-3H3/t14-,17+,18-,19-,20?/m1/s1. The molecule has 1 aromatic rings. The van der Waals surface area contributed by atoms with E-state index in [0.717, 1.165) is 42.7 Å². The molecule has 2 aliphatic rings. The van der Waals surface area contributed by atoms with E-state index < -0.39 is 5.79 Å². The van der Waals surface area contributed by atoms with Gasteiger partial charge in [-0.15, -0.1) is 0 Å². The number of hydrogen-bond donors (Lipinski definition) is 0. The van der Waals surface area contributed by atoms with Crippen molar-refractivity contribution < 1.29 is 18.9 Å². The zero-order valence-corrected chi connectivity index (χ0v) is 16.1. The van der Waals surface area contributed by atoms with E-state index in [-0.39, 0.29) is 24.6 Å². The fraction of sp³-hybridized carbons (Fsp3) is 0.700. The second-order valence-corrected chi connectivity index (χ2v) is 7.45. The molecule has 0 radical (unpaired) electrons. The largest absolute Gasteiger partial charge is 0.368 e. The maximum absolute atomic E-state index is 6.41. The van der Waals surface area contributed by atoms with Gasteiger partial charge in [0.25, 0.3) is 0 Å². The summed E-state index contributed by atoms with van der Waals surface area (Å²) in [5, 5.41) is 0.720. The van der Waals surface area contributed by atoms with Crippen LogP contribution >= 0.6 is 11.6 Å². The van der Waals surface area contributed by atoms with Crippen LogP contribution in [0.1, 0.15) is 58.4 Å². The lowest BCUT2D eigenvalue weighted by Crippen LogP contribution is -2.38. The maximum Gasteiger partial charge on any atom is 0.190 e. The van der Waals surface area contributed by atoms with Crippen LogP contribution < -0.4 is 0 Å². The predicted octanol–water partition coefficient (Wildman–Crippen LogP) is 5.07. The molecular formula is C20H29ClO4. The fourth-order valence-corrected chi connectivity index (χ4v) is 3.90. The molecule has 3 rings (SSSR count). The highest BCUT2D eigenvalue weighted by atomic mass is 35.5. The Hall–Kier alpha value is -0.650. The van der Waals surface area contributed by atoms with Gasteiger partial charge in [0.2, 0.25) is 0 Å². The van der Waals surface area contributed by atoms with E-state index in [1.165, 1.54) is 0 Å². The maximum atomic E-state index is 6.41. The first-order chi connectivity index (χ1) is 12.1. The Bertz CT molecular complexity index is 566. The van der Waals surface area contributed by atoms with Crippen LogP contribution in [0.2, 0.25) is 5.02 Å². The number of halogens is 1. The van der Waals surface area contributed by atoms with E-state index in [1.807, 2.05) is 31.2 Å². The fourth-order valence-electron chi connectivity index (χ4n) is 3.71. The molecule has 0 bridgehead atoms. The average molecular weight is 369 g/mol. The monoisotopic (exact) mass is 368 g/mol. The molecule has 2 aliphatic heterocycles. The van der Waals surface area contributed by atoms with Crippen molar-refractivity contribution in [3.63, 3.8) is 0 Å². The van der Waals surface area contributed by atoms with Gasteiger partial charge in [0.1, 0.15) is 12.2 Å². The Morgan fingerprint density at radius 3 is 2.64 bits per heavy atom. The normalized spacial score (nSPS) is 34.4. The minimum Gasteiger partial charge on any atom is -0.368 e. The molecule has 0 aliphatic carbocycles. The summed E-state index contributed by atoms with van der Waals surface area (Å²) in [6.07, 6.45) is 4.27. The lowest BCUT2D eigenvalue weighted by Gasteiger charge is -2.30. The van der Waals surface area contributed by atoms with Crippen LogP contribution in [0.4, 0.5) is 0 Å². The number of unbranched alkanes of at least 4 members (excludes halogenated alkanes) is 1. The van der Waals surface area contributed by atoms with E-state index in [0.29, 0.717) is 6.61 Å². The van der Waals surface area contributed by atoms with Crippen LogP contribution in [0, 0.1) is 0 Å². The van der Waals surface area contributed by atoms with Crippen molar-refractivity contribution in [1.82, 2.24) is 0 Å². The summed E-state index contributed by atoms with van der Waals surface area (Å²) in [7, 11) is 0. The van der Waals surface area contributed by atoms with E-state index in [9.17, 15) is 0 Å². The van der Waals surface area contributed by atoms with Crippen molar-refractivity contribution in [2.45, 2.75) is 89.9 Å². The van der Waals surface area contributed by atoms with Gasteiger partial charge in [-0.05, 0) is 25.0 Å². The van der Waals surface area contributed by atoms with Crippen molar-refractivity contribution in [3.05, 3.63) is 34.9 Å². The SMILES string of the molecule is CCCCC1(CCC)O[C@H]2O[C@H](C)[C@H](OCc3ccccc3Cl)[C@H]2O1. The average Bonchev–Trinajstić information content (AvgIpc) is 3.06. The van der Waals surface area contributed by atoms with Crippen LogP contribution in [0.25, 0.3) is 0 Å². The van der Waals surface area contributed by atoms with Gasteiger partial charge < -0.3 is 18.9 Å². The molecule has 2 saturated heterocycles. The van der Waals surface area contributed by atoms with Crippen molar-refractivity contribution in [1.29, 1.82) is 0 Å². The van der Waals surface area contributed by atoms with Crippen molar-refractivity contribution in [2.24, 2.45) is 0 Å². The Balaban J connectivity index is 1.66. The molecule has 0 amide bonds. The third-order valence-electron chi connectivity index (χ3n) is 5.02. The number of hydrogen-bond acceptors (Lipinski definition) is 4. The van der Waals surface area contributed by atoms with E-state index in [4.69, 9.17) is 30.5 Å². The molecule has 1 unspecified atom stereocenters. The highest BCUT2D eigenvalue weighted by Gasteiger charge is 2.56. The second kappa shape index (κ2) is 8.36. The van der Waals surface area contributed by atoms with Crippen molar-refractivity contribution >= 4 is 11.6 Å². The van der Waals surface area contributed by atoms with Crippen LogP contribution in [-0.4, -0.2) is 30.4 Å². The minimum atomic E-state index is -0.522. The molecule has 5 heteroatoms. The molecule has 0 aromatic heterocycles. The molecule has 2 fully saturated rings. The van der Waals surface area contributed by atoms with Crippen LogP contribution in [-0.2, 0) is 25.6 Å². The summed E-state index contributed by atoms with van der Waals surface area (Å²) < 4.78 is 24.8. The van der Waals surface area contributed by atoms with Gasteiger partial charge in [-0.1, -0.05) is 56.5 Å². The quantitative estimate of drug-likeness (QED) is 0.641. The van der Waals surface area contributed by atoms with Gasteiger partial charge >= 0.3 is 0 Å². The van der Waals surface area contributed by atoms with E-state index in [2.05, 4.69) is 13.8 Å². The molecule has 0 spiro atoms. The highest BCUT2D eigenvalue weighted by molar-refractivity contribution is 6.31. The Kier molecular flexibility index (Phi) is 6.39. The summed E-state index contributed by atoms with van der Waals surface area (Å²) in [6.45, 7) is 6.79. The molecular weight excluding hydrogens is 340 g/mol. The number of ether oxygens (including phenoxy) is 4. The zero-order chi connectivity index (χ0) is 17.9. The molecule has 0 saturated carbocycles. The number of rotatable bonds is 8. The smallest absolute Gasteiger partial charge is 0.190 e.